The second-order valence-corrected chi connectivity index (χ2v) is 9.65. The Bertz CT molecular complexity index is 708. The highest BCUT2D eigenvalue weighted by atomic mass is 35.5. The number of carbonyl (C=O) groups excluding carboxylic acids is 1. The molecule has 0 unspecified atom stereocenters. The summed E-state index contributed by atoms with van der Waals surface area (Å²) >= 11 is 6.59. The molecule has 1 saturated heterocycles. The molecule has 154 valence electrons. The van der Waals surface area contributed by atoms with Crippen LogP contribution in [0.5, 0.6) is 5.88 Å². The predicted octanol–water partition coefficient (Wildman–Crippen LogP) is 4.51. The van der Waals surface area contributed by atoms with E-state index in [1.54, 1.807) is 13.1 Å². The number of hydrogen-bond acceptors (Lipinski definition) is 5. The third kappa shape index (κ3) is 4.30. The van der Waals surface area contributed by atoms with Gasteiger partial charge in [0.15, 0.2) is 0 Å². The number of anilines is 1. The molecule has 3 fully saturated rings. The number of ketones is 1. The molecule has 0 N–H and O–H groups in total. The van der Waals surface area contributed by atoms with Crippen LogP contribution in [-0.2, 0) is 9.53 Å². The van der Waals surface area contributed by atoms with E-state index >= 15 is 0 Å². The molecule has 28 heavy (non-hydrogen) atoms. The molecule has 0 amide bonds. The standard InChI is InChI=1S/C22H31ClN2O3/c1-15(8-16(2)26)11-27-18-9-17(10-18)12-28-21-20(23)19(4-7-24-21)25-13-22(14-25)5-3-6-22/h4,7,15,17-18H,3,5-6,8-14H2,1-2H3/t15-,17?,18?/m1/s1. The fourth-order valence-corrected chi connectivity index (χ4v) is 4.97. The van der Waals surface area contributed by atoms with Crippen LogP contribution in [0.4, 0.5) is 5.69 Å². The van der Waals surface area contributed by atoms with E-state index in [1.165, 1.54) is 19.3 Å². The summed E-state index contributed by atoms with van der Waals surface area (Å²) in [6, 6.07) is 2.00. The Morgan fingerprint density at radius 2 is 2.14 bits per heavy atom. The van der Waals surface area contributed by atoms with Gasteiger partial charge in [0.25, 0.3) is 0 Å². The monoisotopic (exact) mass is 406 g/mol. The van der Waals surface area contributed by atoms with Crippen molar-refractivity contribution in [2.24, 2.45) is 17.3 Å². The maximum absolute atomic E-state index is 11.1. The van der Waals surface area contributed by atoms with Gasteiger partial charge in [-0.25, -0.2) is 4.98 Å². The number of pyridine rings is 1. The Labute approximate surface area is 172 Å². The van der Waals surface area contributed by atoms with E-state index in [2.05, 4.69) is 16.8 Å². The highest BCUT2D eigenvalue weighted by Crippen LogP contribution is 2.51. The van der Waals surface area contributed by atoms with Crippen LogP contribution < -0.4 is 9.64 Å². The van der Waals surface area contributed by atoms with Crippen molar-refractivity contribution in [3.05, 3.63) is 17.3 Å². The molecule has 4 rings (SSSR count). The van der Waals surface area contributed by atoms with E-state index in [9.17, 15) is 4.79 Å². The summed E-state index contributed by atoms with van der Waals surface area (Å²) in [6.07, 6.45) is 8.76. The number of carbonyl (C=O) groups is 1. The summed E-state index contributed by atoms with van der Waals surface area (Å²) in [6.45, 7) is 7.20. The number of ether oxygens (including phenoxy) is 2. The van der Waals surface area contributed by atoms with Crippen molar-refractivity contribution >= 4 is 23.1 Å². The molecule has 1 atom stereocenters. The SMILES string of the molecule is CC(=O)C[C@@H](C)COC1CC(COc2nccc(N3CC4(CCC4)C3)c2Cl)C1. The zero-order chi connectivity index (χ0) is 19.7. The highest BCUT2D eigenvalue weighted by Gasteiger charge is 2.47. The van der Waals surface area contributed by atoms with Crippen molar-refractivity contribution in [2.45, 2.75) is 58.5 Å². The van der Waals surface area contributed by atoms with Crippen LogP contribution in [0.1, 0.15) is 52.4 Å². The van der Waals surface area contributed by atoms with E-state index in [1.807, 2.05) is 6.07 Å². The number of halogens is 1. The van der Waals surface area contributed by atoms with Gasteiger partial charge >= 0.3 is 0 Å². The van der Waals surface area contributed by atoms with Gasteiger partial charge in [0, 0.05) is 37.7 Å². The lowest BCUT2D eigenvalue weighted by atomic mass is 9.63. The van der Waals surface area contributed by atoms with Crippen molar-refractivity contribution in [3.8, 4) is 5.88 Å². The Hall–Kier alpha value is -1.33. The van der Waals surface area contributed by atoms with Gasteiger partial charge in [-0.05, 0) is 50.5 Å². The molecule has 3 aliphatic rings. The Morgan fingerprint density at radius 3 is 2.79 bits per heavy atom. The number of aromatic nitrogens is 1. The lowest BCUT2D eigenvalue weighted by Crippen LogP contribution is -2.59. The molecule has 1 spiro atoms. The average molecular weight is 407 g/mol. The average Bonchev–Trinajstić information content (AvgIpc) is 2.52. The maximum atomic E-state index is 11.1. The van der Waals surface area contributed by atoms with Gasteiger partial charge in [-0.15, -0.1) is 0 Å². The van der Waals surface area contributed by atoms with Gasteiger partial charge in [0.2, 0.25) is 5.88 Å². The summed E-state index contributed by atoms with van der Waals surface area (Å²) in [4.78, 5) is 17.8. The normalized spacial score (nSPS) is 26.2. The second kappa shape index (κ2) is 8.19. The molecule has 2 heterocycles. The first-order valence-electron chi connectivity index (χ1n) is 10.6. The van der Waals surface area contributed by atoms with Gasteiger partial charge in [-0.2, -0.15) is 0 Å². The van der Waals surface area contributed by atoms with Crippen LogP contribution in [0, 0.1) is 17.3 Å². The lowest BCUT2D eigenvalue weighted by Gasteiger charge is -2.57. The zero-order valence-electron chi connectivity index (χ0n) is 17.0. The first-order chi connectivity index (χ1) is 13.4. The third-order valence-electron chi connectivity index (χ3n) is 6.54. The van der Waals surface area contributed by atoms with Gasteiger partial charge < -0.3 is 19.2 Å². The smallest absolute Gasteiger partial charge is 0.234 e. The van der Waals surface area contributed by atoms with E-state index in [-0.39, 0.29) is 11.9 Å². The van der Waals surface area contributed by atoms with Gasteiger partial charge in [-0.3, -0.25) is 0 Å². The predicted molar refractivity (Wildman–Crippen MR) is 110 cm³/mol. The zero-order valence-corrected chi connectivity index (χ0v) is 17.7. The quantitative estimate of drug-likeness (QED) is 0.603. The summed E-state index contributed by atoms with van der Waals surface area (Å²) in [7, 11) is 0. The second-order valence-electron chi connectivity index (χ2n) is 9.27. The highest BCUT2D eigenvalue weighted by molar-refractivity contribution is 6.34. The fraction of sp³-hybridized carbons (Fsp3) is 0.727. The first-order valence-corrected chi connectivity index (χ1v) is 11.0. The number of hydrogen-bond donors (Lipinski definition) is 0. The summed E-state index contributed by atoms with van der Waals surface area (Å²) in [5.41, 5.74) is 1.62. The molecule has 6 heteroatoms. The van der Waals surface area contributed by atoms with E-state index < -0.39 is 0 Å². The van der Waals surface area contributed by atoms with Crippen molar-refractivity contribution < 1.29 is 14.3 Å². The molecule has 0 bridgehead atoms. The van der Waals surface area contributed by atoms with Gasteiger partial charge in [0.1, 0.15) is 10.8 Å². The fourth-order valence-electron chi connectivity index (χ4n) is 4.68. The summed E-state index contributed by atoms with van der Waals surface area (Å²) < 4.78 is 11.8. The van der Waals surface area contributed by atoms with Crippen LogP contribution in [-0.4, -0.2) is 43.2 Å². The Morgan fingerprint density at radius 1 is 1.39 bits per heavy atom. The molecule has 1 aromatic rings. The van der Waals surface area contributed by atoms with E-state index in [0.717, 1.165) is 31.6 Å². The lowest BCUT2D eigenvalue weighted by molar-refractivity contribution is -0.119. The number of nitrogens with zero attached hydrogens (tertiary/aromatic N) is 2. The van der Waals surface area contributed by atoms with E-state index in [4.69, 9.17) is 21.1 Å². The third-order valence-corrected chi connectivity index (χ3v) is 6.90. The van der Waals surface area contributed by atoms with Crippen molar-refractivity contribution in [1.29, 1.82) is 0 Å². The Balaban J connectivity index is 1.19. The minimum atomic E-state index is 0.226. The largest absolute Gasteiger partial charge is 0.476 e. The number of rotatable bonds is 9. The van der Waals surface area contributed by atoms with Crippen LogP contribution in [0.3, 0.4) is 0 Å². The van der Waals surface area contributed by atoms with Crippen molar-refractivity contribution in [2.75, 3.05) is 31.2 Å². The topological polar surface area (TPSA) is 51.7 Å². The molecular weight excluding hydrogens is 376 g/mol. The van der Waals surface area contributed by atoms with Crippen LogP contribution in [0.25, 0.3) is 0 Å². The molecule has 0 aromatic carbocycles. The molecular formula is C22H31ClN2O3. The van der Waals surface area contributed by atoms with Gasteiger partial charge in [0.05, 0.1) is 18.4 Å². The summed E-state index contributed by atoms with van der Waals surface area (Å²) in [5.74, 6) is 1.55. The Kier molecular flexibility index (Phi) is 5.84. The van der Waals surface area contributed by atoms with Crippen LogP contribution >= 0.6 is 11.6 Å². The first kappa shape index (κ1) is 20.0. The minimum Gasteiger partial charge on any atom is -0.476 e. The summed E-state index contributed by atoms with van der Waals surface area (Å²) in [5, 5.41) is 0.641. The molecule has 2 aliphatic carbocycles. The molecule has 1 aliphatic heterocycles. The van der Waals surface area contributed by atoms with E-state index in [0.29, 0.717) is 47.8 Å². The van der Waals surface area contributed by atoms with Crippen molar-refractivity contribution in [3.63, 3.8) is 0 Å². The van der Waals surface area contributed by atoms with Gasteiger partial charge in [-0.1, -0.05) is 24.9 Å². The number of Topliss-reactive ketones (excluding diaryl/α,β-unsaturated/α-hetero) is 1. The minimum absolute atomic E-state index is 0.226. The van der Waals surface area contributed by atoms with Crippen LogP contribution in [0.15, 0.2) is 12.3 Å². The molecule has 2 saturated carbocycles. The van der Waals surface area contributed by atoms with Crippen molar-refractivity contribution in [1.82, 2.24) is 4.98 Å². The van der Waals surface area contributed by atoms with Crippen LogP contribution in [0.2, 0.25) is 5.02 Å². The molecule has 5 nitrogen and oxygen atoms in total. The molecule has 0 radical (unpaired) electrons. The molecule has 1 aromatic heterocycles. The maximum Gasteiger partial charge on any atom is 0.234 e.